The van der Waals surface area contributed by atoms with E-state index in [2.05, 4.69) is 0 Å². The van der Waals surface area contributed by atoms with Crippen molar-refractivity contribution in [2.24, 2.45) is 0 Å². The van der Waals surface area contributed by atoms with Gasteiger partial charge in [0.2, 0.25) is 0 Å². The van der Waals surface area contributed by atoms with Gasteiger partial charge in [0.05, 0.1) is 0 Å². The van der Waals surface area contributed by atoms with E-state index in [1.807, 2.05) is 6.92 Å². The molecule has 0 amide bonds. The van der Waals surface area contributed by atoms with Gasteiger partial charge in [-0.2, -0.15) is 0 Å². The maximum absolute atomic E-state index is 12.4. The molecule has 1 rings (SSSR count). The summed E-state index contributed by atoms with van der Waals surface area (Å²) in [6, 6.07) is 3.57. The minimum absolute atomic E-state index is 0.181. The van der Waals surface area contributed by atoms with Crippen molar-refractivity contribution in [1.29, 1.82) is 0 Å². The van der Waals surface area contributed by atoms with Gasteiger partial charge in [-0.05, 0) is 26.2 Å². The molecule has 0 aromatic heterocycles. The summed E-state index contributed by atoms with van der Waals surface area (Å²) in [4.78, 5) is 0. The summed E-state index contributed by atoms with van der Waals surface area (Å²) < 4.78 is 24.8. The lowest BCUT2D eigenvalue weighted by Gasteiger charge is -2.07. The molecule has 1 aromatic rings. The zero-order valence-corrected chi connectivity index (χ0v) is 7.49. The van der Waals surface area contributed by atoms with E-state index in [1.54, 1.807) is 26.0 Å². The summed E-state index contributed by atoms with van der Waals surface area (Å²) in [6.07, 6.45) is 0. The maximum atomic E-state index is 12.4. The van der Waals surface area contributed by atoms with Crippen molar-refractivity contribution in [3.8, 4) is 0 Å². The Kier molecular flexibility index (Phi) is 2.50. The molecular formula is C9H11BF2. The van der Waals surface area contributed by atoms with Crippen LogP contribution in [0.1, 0.15) is 16.7 Å². The largest absolute Gasteiger partial charge is 0.572 e. The molecule has 0 aliphatic heterocycles. The summed E-state index contributed by atoms with van der Waals surface area (Å²) in [6.45, 7) is 5.36. The van der Waals surface area contributed by atoms with Crippen LogP contribution in [0.5, 0.6) is 0 Å². The lowest BCUT2D eigenvalue weighted by atomic mass is 9.78. The Hall–Kier alpha value is -0.855. The fourth-order valence-electron chi connectivity index (χ4n) is 1.54. The predicted molar refractivity (Wildman–Crippen MR) is 48.3 cm³/mol. The van der Waals surface area contributed by atoms with Crippen LogP contribution in [0.4, 0.5) is 8.63 Å². The highest BCUT2D eigenvalue weighted by molar-refractivity contribution is 6.61. The molecule has 0 radical (unpaired) electrons. The van der Waals surface area contributed by atoms with E-state index in [0.717, 1.165) is 5.56 Å². The van der Waals surface area contributed by atoms with Crippen LogP contribution in [0.3, 0.4) is 0 Å². The summed E-state index contributed by atoms with van der Waals surface area (Å²) in [5.74, 6) is 0. The van der Waals surface area contributed by atoms with Crippen LogP contribution in [-0.4, -0.2) is 7.27 Å². The van der Waals surface area contributed by atoms with Crippen LogP contribution in [0.2, 0.25) is 0 Å². The van der Waals surface area contributed by atoms with Gasteiger partial charge >= 0.3 is 7.27 Å². The summed E-state index contributed by atoms with van der Waals surface area (Å²) >= 11 is 0. The Morgan fingerprint density at radius 3 is 1.75 bits per heavy atom. The molecule has 0 saturated heterocycles. The molecule has 12 heavy (non-hydrogen) atoms. The molecule has 0 unspecified atom stereocenters. The molecule has 64 valence electrons. The summed E-state index contributed by atoms with van der Waals surface area (Å²) in [5.41, 5.74) is 2.58. The molecule has 0 aliphatic rings. The molecule has 0 heterocycles. The predicted octanol–water partition coefficient (Wildman–Crippen LogP) is 2.25. The highest BCUT2D eigenvalue weighted by Gasteiger charge is 2.20. The number of hydrogen-bond donors (Lipinski definition) is 0. The summed E-state index contributed by atoms with van der Waals surface area (Å²) in [5, 5.41) is 0. The van der Waals surface area contributed by atoms with Crippen molar-refractivity contribution >= 4 is 12.7 Å². The third kappa shape index (κ3) is 1.66. The number of benzene rings is 1. The van der Waals surface area contributed by atoms with Gasteiger partial charge in [-0.15, -0.1) is 0 Å². The van der Waals surface area contributed by atoms with Gasteiger partial charge in [-0.25, -0.2) is 0 Å². The van der Waals surface area contributed by atoms with Crippen LogP contribution in [0, 0.1) is 20.8 Å². The van der Waals surface area contributed by atoms with E-state index < -0.39 is 7.27 Å². The highest BCUT2D eigenvalue weighted by Crippen LogP contribution is 2.07. The Bertz CT molecular complexity index is 272. The van der Waals surface area contributed by atoms with Crippen molar-refractivity contribution in [2.45, 2.75) is 20.8 Å². The van der Waals surface area contributed by atoms with E-state index in [9.17, 15) is 8.63 Å². The van der Waals surface area contributed by atoms with Crippen molar-refractivity contribution in [3.05, 3.63) is 28.8 Å². The topological polar surface area (TPSA) is 0 Å². The average Bonchev–Trinajstić information content (AvgIpc) is 1.82. The minimum atomic E-state index is -2.36. The van der Waals surface area contributed by atoms with Crippen molar-refractivity contribution in [1.82, 2.24) is 0 Å². The fourth-order valence-corrected chi connectivity index (χ4v) is 1.54. The third-order valence-electron chi connectivity index (χ3n) is 1.96. The standard InChI is InChI=1S/C9H11BF2/c1-6-4-7(2)9(10(11)12)8(3)5-6/h4-5H,1-3H3. The van der Waals surface area contributed by atoms with E-state index in [4.69, 9.17) is 0 Å². The molecule has 0 spiro atoms. The number of halogens is 2. The van der Waals surface area contributed by atoms with Gasteiger partial charge in [-0.1, -0.05) is 28.8 Å². The second kappa shape index (κ2) is 3.25. The highest BCUT2D eigenvalue weighted by atomic mass is 19.2. The fraction of sp³-hybridized carbons (Fsp3) is 0.333. The zero-order chi connectivity index (χ0) is 9.30. The Morgan fingerprint density at radius 1 is 1.00 bits per heavy atom. The molecule has 0 atom stereocenters. The third-order valence-corrected chi connectivity index (χ3v) is 1.96. The van der Waals surface area contributed by atoms with Crippen molar-refractivity contribution < 1.29 is 8.63 Å². The number of rotatable bonds is 1. The van der Waals surface area contributed by atoms with Gasteiger partial charge in [-0.3, -0.25) is 8.63 Å². The van der Waals surface area contributed by atoms with Crippen LogP contribution in [-0.2, 0) is 0 Å². The minimum Gasteiger partial charge on any atom is -0.281 e. The molecule has 0 N–H and O–H groups in total. The SMILES string of the molecule is Cc1cc(C)c(B(F)F)c(C)c1. The van der Waals surface area contributed by atoms with Gasteiger partial charge in [0.25, 0.3) is 0 Å². The van der Waals surface area contributed by atoms with Crippen LogP contribution in [0.15, 0.2) is 12.1 Å². The van der Waals surface area contributed by atoms with Gasteiger partial charge in [0.1, 0.15) is 0 Å². The first-order valence-corrected chi connectivity index (χ1v) is 3.88. The van der Waals surface area contributed by atoms with E-state index in [1.165, 1.54) is 0 Å². The summed E-state index contributed by atoms with van der Waals surface area (Å²) in [7, 11) is -2.36. The average molecular weight is 168 g/mol. The number of aryl methyl sites for hydroxylation is 3. The molecule has 0 nitrogen and oxygen atoms in total. The molecule has 1 aromatic carbocycles. The molecule has 0 aliphatic carbocycles. The van der Waals surface area contributed by atoms with Crippen LogP contribution in [0.25, 0.3) is 0 Å². The lowest BCUT2D eigenvalue weighted by molar-refractivity contribution is 0.683. The van der Waals surface area contributed by atoms with Crippen molar-refractivity contribution in [3.63, 3.8) is 0 Å². The molecule has 0 fully saturated rings. The second-order valence-electron chi connectivity index (χ2n) is 3.11. The zero-order valence-electron chi connectivity index (χ0n) is 7.49. The second-order valence-corrected chi connectivity index (χ2v) is 3.11. The van der Waals surface area contributed by atoms with E-state index >= 15 is 0 Å². The van der Waals surface area contributed by atoms with Crippen molar-refractivity contribution in [2.75, 3.05) is 0 Å². The lowest BCUT2D eigenvalue weighted by Crippen LogP contribution is -2.26. The van der Waals surface area contributed by atoms with E-state index in [0.29, 0.717) is 11.1 Å². The van der Waals surface area contributed by atoms with Crippen LogP contribution < -0.4 is 5.46 Å². The monoisotopic (exact) mass is 168 g/mol. The van der Waals surface area contributed by atoms with Gasteiger partial charge in [0.15, 0.2) is 0 Å². The smallest absolute Gasteiger partial charge is 0.281 e. The Morgan fingerprint density at radius 2 is 1.42 bits per heavy atom. The quantitative estimate of drug-likeness (QED) is 0.564. The Labute approximate surface area is 71.8 Å². The van der Waals surface area contributed by atoms with Crippen LogP contribution >= 0.6 is 0 Å². The molecular weight excluding hydrogens is 157 g/mol. The normalized spacial score (nSPS) is 10.1. The molecule has 0 bridgehead atoms. The first-order valence-electron chi connectivity index (χ1n) is 3.88. The maximum Gasteiger partial charge on any atom is 0.572 e. The van der Waals surface area contributed by atoms with Gasteiger partial charge in [0, 0.05) is 0 Å². The Balaban J connectivity index is 3.28. The first-order chi connectivity index (χ1) is 5.52. The first kappa shape index (κ1) is 9.23. The molecule has 0 saturated carbocycles. The van der Waals surface area contributed by atoms with E-state index in [-0.39, 0.29) is 5.46 Å². The molecule has 3 heteroatoms. The van der Waals surface area contributed by atoms with Gasteiger partial charge < -0.3 is 0 Å². The number of hydrogen-bond acceptors (Lipinski definition) is 0.